The van der Waals surface area contributed by atoms with E-state index in [-0.39, 0.29) is 18.2 Å². The van der Waals surface area contributed by atoms with Gasteiger partial charge in [0.05, 0.1) is 23.4 Å². The fourth-order valence-electron chi connectivity index (χ4n) is 0.925. The van der Waals surface area contributed by atoms with E-state index in [4.69, 9.17) is 21.8 Å². The second-order valence-corrected chi connectivity index (χ2v) is 3.25. The van der Waals surface area contributed by atoms with Crippen LogP contribution in [0.25, 0.3) is 0 Å². The summed E-state index contributed by atoms with van der Waals surface area (Å²) in [6.45, 7) is -0.159. The summed E-state index contributed by atoms with van der Waals surface area (Å²) in [7, 11) is 0. The zero-order valence-electron chi connectivity index (χ0n) is 7.37. The minimum atomic E-state index is -0.851. The number of rotatable bonds is 4. The lowest BCUT2D eigenvalue weighted by Crippen LogP contribution is -2.23. The largest absolute Gasteiger partial charge is 0.394 e. The van der Waals surface area contributed by atoms with E-state index in [9.17, 15) is 4.39 Å². The molecule has 1 unspecified atom stereocenters. The first-order chi connectivity index (χ1) is 6.63. The average molecular weight is 220 g/mol. The number of hydrogen-bond acceptors (Lipinski definition) is 3. The summed E-state index contributed by atoms with van der Waals surface area (Å²) in [4.78, 5) is 0. The van der Waals surface area contributed by atoms with Crippen LogP contribution in [0.2, 0.25) is 5.02 Å². The molecule has 3 N–H and O–H groups in total. The Balaban J connectivity index is 2.59. The van der Waals surface area contributed by atoms with Crippen molar-refractivity contribution in [1.82, 2.24) is 0 Å². The zero-order chi connectivity index (χ0) is 10.6. The monoisotopic (exact) mass is 219 g/mol. The Morgan fingerprint density at radius 3 is 2.79 bits per heavy atom. The van der Waals surface area contributed by atoms with Gasteiger partial charge in [0.15, 0.2) is 0 Å². The molecule has 1 aromatic carbocycles. The van der Waals surface area contributed by atoms with Crippen LogP contribution in [0.15, 0.2) is 18.2 Å². The van der Waals surface area contributed by atoms with Crippen LogP contribution in [-0.2, 0) is 0 Å². The standard InChI is InChI=1S/C9H11ClFNO2/c10-8-3-6(11)1-2-9(8)12-4-7(14)5-13/h1-3,7,12-14H,4-5H2. The number of aliphatic hydroxyl groups is 2. The molecular weight excluding hydrogens is 209 g/mol. The number of halogens is 2. The second kappa shape index (κ2) is 5.14. The minimum absolute atomic E-state index is 0.169. The molecule has 0 aromatic heterocycles. The number of nitrogens with one attached hydrogen (secondary N) is 1. The van der Waals surface area contributed by atoms with E-state index in [0.717, 1.165) is 0 Å². The van der Waals surface area contributed by atoms with Gasteiger partial charge in [0.2, 0.25) is 0 Å². The Hall–Kier alpha value is -0.840. The van der Waals surface area contributed by atoms with Crippen molar-refractivity contribution in [3.8, 4) is 0 Å². The van der Waals surface area contributed by atoms with Gasteiger partial charge < -0.3 is 15.5 Å². The normalized spacial score (nSPS) is 12.6. The van der Waals surface area contributed by atoms with Gasteiger partial charge in [0, 0.05) is 6.54 Å². The van der Waals surface area contributed by atoms with Gasteiger partial charge in [0.1, 0.15) is 5.82 Å². The van der Waals surface area contributed by atoms with Crippen molar-refractivity contribution < 1.29 is 14.6 Å². The maximum absolute atomic E-state index is 12.6. The molecule has 78 valence electrons. The lowest BCUT2D eigenvalue weighted by atomic mass is 10.3. The molecule has 0 amide bonds. The molecule has 0 radical (unpaired) electrons. The summed E-state index contributed by atoms with van der Waals surface area (Å²) in [6, 6.07) is 3.91. The fraction of sp³-hybridized carbons (Fsp3) is 0.333. The molecule has 5 heteroatoms. The predicted molar refractivity (Wildman–Crippen MR) is 53.0 cm³/mol. The first kappa shape index (κ1) is 11.2. The number of benzene rings is 1. The van der Waals surface area contributed by atoms with Gasteiger partial charge >= 0.3 is 0 Å². The summed E-state index contributed by atoms with van der Waals surface area (Å²) < 4.78 is 12.6. The van der Waals surface area contributed by atoms with Crippen LogP contribution in [-0.4, -0.2) is 29.5 Å². The molecule has 0 heterocycles. The third-order valence-corrected chi connectivity index (χ3v) is 1.98. The minimum Gasteiger partial charge on any atom is -0.394 e. The first-order valence-electron chi connectivity index (χ1n) is 4.11. The van der Waals surface area contributed by atoms with Crippen LogP contribution in [0.4, 0.5) is 10.1 Å². The van der Waals surface area contributed by atoms with Gasteiger partial charge in [-0.15, -0.1) is 0 Å². The van der Waals surface area contributed by atoms with Gasteiger partial charge in [-0.25, -0.2) is 4.39 Å². The van der Waals surface area contributed by atoms with Crippen LogP contribution < -0.4 is 5.32 Å². The molecule has 0 bridgehead atoms. The summed E-state index contributed by atoms with van der Waals surface area (Å²) in [5.74, 6) is -0.414. The topological polar surface area (TPSA) is 52.5 Å². The first-order valence-corrected chi connectivity index (χ1v) is 4.49. The third-order valence-electron chi connectivity index (χ3n) is 1.67. The van der Waals surface area contributed by atoms with E-state index in [1.807, 2.05) is 0 Å². The molecule has 0 aliphatic carbocycles. The third kappa shape index (κ3) is 3.14. The average Bonchev–Trinajstić information content (AvgIpc) is 2.16. The maximum Gasteiger partial charge on any atom is 0.124 e. The van der Waals surface area contributed by atoms with Crippen molar-refractivity contribution in [2.75, 3.05) is 18.5 Å². The smallest absolute Gasteiger partial charge is 0.124 e. The van der Waals surface area contributed by atoms with Crippen molar-refractivity contribution >= 4 is 17.3 Å². The molecule has 0 fully saturated rings. The quantitative estimate of drug-likeness (QED) is 0.714. The van der Waals surface area contributed by atoms with Gasteiger partial charge in [-0.1, -0.05) is 11.6 Å². The summed E-state index contributed by atoms with van der Waals surface area (Å²) in [5, 5.41) is 20.6. The second-order valence-electron chi connectivity index (χ2n) is 2.84. The molecule has 0 saturated heterocycles. The lowest BCUT2D eigenvalue weighted by molar-refractivity contribution is 0.105. The van der Waals surface area contributed by atoms with Crippen molar-refractivity contribution in [2.45, 2.75) is 6.10 Å². The Labute approximate surface area is 86.1 Å². The van der Waals surface area contributed by atoms with Crippen molar-refractivity contribution in [1.29, 1.82) is 0 Å². The zero-order valence-corrected chi connectivity index (χ0v) is 8.13. The Morgan fingerprint density at radius 1 is 1.50 bits per heavy atom. The van der Waals surface area contributed by atoms with E-state index in [1.54, 1.807) is 0 Å². The molecule has 0 saturated carbocycles. The van der Waals surface area contributed by atoms with E-state index < -0.39 is 11.9 Å². The summed E-state index contributed by atoms with van der Waals surface area (Å²) >= 11 is 5.71. The molecule has 0 aliphatic heterocycles. The van der Waals surface area contributed by atoms with Crippen LogP contribution in [0.3, 0.4) is 0 Å². The molecule has 14 heavy (non-hydrogen) atoms. The molecule has 1 atom stereocenters. The van der Waals surface area contributed by atoms with Crippen LogP contribution in [0.1, 0.15) is 0 Å². The summed E-state index contributed by atoms with van der Waals surface area (Å²) in [5.41, 5.74) is 0.528. The number of anilines is 1. The highest BCUT2D eigenvalue weighted by molar-refractivity contribution is 6.33. The van der Waals surface area contributed by atoms with Crippen LogP contribution in [0, 0.1) is 5.82 Å². The molecular formula is C9H11ClFNO2. The van der Waals surface area contributed by atoms with E-state index in [1.165, 1.54) is 18.2 Å². The highest BCUT2D eigenvalue weighted by Gasteiger charge is 2.04. The van der Waals surface area contributed by atoms with E-state index in [2.05, 4.69) is 5.32 Å². The predicted octanol–water partition coefficient (Wildman–Crippen LogP) is 1.24. The number of hydrogen-bond donors (Lipinski definition) is 3. The van der Waals surface area contributed by atoms with Gasteiger partial charge in [0.25, 0.3) is 0 Å². The van der Waals surface area contributed by atoms with Crippen molar-refractivity contribution in [3.63, 3.8) is 0 Å². The Kier molecular flexibility index (Phi) is 4.13. The lowest BCUT2D eigenvalue weighted by Gasteiger charge is -2.11. The molecule has 1 rings (SSSR count). The van der Waals surface area contributed by atoms with Crippen molar-refractivity contribution in [3.05, 3.63) is 29.0 Å². The highest BCUT2D eigenvalue weighted by atomic mass is 35.5. The Morgan fingerprint density at radius 2 is 2.21 bits per heavy atom. The van der Waals surface area contributed by atoms with Gasteiger partial charge in [-0.3, -0.25) is 0 Å². The SMILES string of the molecule is OCC(O)CNc1ccc(F)cc1Cl. The molecule has 3 nitrogen and oxygen atoms in total. The van der Waals surface area contributed by atoms with Crippen molar-refractivity contribution in [2.24, 2.45) is 0 Å². The van der Waals surface area contributed by atoms with Crippen LogP contribution in [0.5, 0.6) is 0 Å². The van der Waals surface area contributed by atoms with Gasteiger partial charge in [-0.2, -0.15) is 0 Å². The molecule has 0 spiro atoms. The summed E-state index contributed by atoms with van der Waals surface area (Å²) in [6.07, 6.45) is -0.851. The van der Waals surface area contributed by atoms with E-state index in [0.29, 0.717) is 5.69 Å². The molecule has 0 aliphatic rings. The van der Waals surface area contributed by atoms with Crippen LogP contribution >= 0.6 is 11.6 Å². The fourth-order valence-corrected chi connectivity index (χ4v) is 1.16. The van der Waals surface area contributed by atoms with Gasteiger partial charge in [-0.05, 0) is 18.2 Å². The Bertz CT molecular complexity index is 309. The highest BCUT2D eigenvalue weighted by Crippen LogP contribution is 2.22. The van der Waals surface area contributed by atoms with E-state index >= 15 is 0 Å². The maximum atomic E-state index is 12.6. The molecule has 1 aromatic rings. The number of aliphatic hydroxyl groups excluding tert-OH is 2.